The number of carbonyl (C=O) groups is 6. The summed E-state index contributed by atoms with van der Waals surface area (Å²) < 4.78 is 0. The van der Waals surface area contributed by atoms with Crippen LogP contribution in [0.2, 0.25) is 0 Å². The van der Waals surface area contributed by atoms with E-state index in [1.165, 1.54) is 0 Å². The Hall–Kier alpha value is -5.90. The van der Waals surface area contributed by atoms with Crippen molar-refractivity contribution < 1.29 is 44.1 Å². The molecule has 0 heterocycles. The lowest BCUT2D eigenvalue weighted by Crippen LogP contribution is -2.09. The summed E-state index contributed by atoms with van der Waals surface area (Å²) in [6, 6.07) is 21.5. The van der Waals surface area contributed by atoms with Gasteiger partial charge in [0.1, 0.15) is 0 Å². The lowest BCUT2D eigenvalue weighted by molar-refractivity contribution is -0.132. The number of carboxylic acids is 3. The molecule has 0 aliphatic heterocycles. The smallest absolute Gasteiger partial charge is 0.328 e. The SMILES string of the molecule is O=C(O)/C=C/C(=O)Cc1ccc(C(c2ccc(CC(=O)/C=C/C(=O)O)cc2)c2ccc(NC(=O)/C=C/C(=O)O)cc2)cc1. The molecule has 0 atom stereocenters. The van der Waals surface area contributed by atoms with E-state index in [-0.39, 0.29) is 30.3 Å². The Kier molecular flexibility index (Phi) is 11.2. The average molecular weight is 582 g/mol. The summed E-state index contributed by atoms with van der Waals surface area (Å²) in [6.07, 6.45) is 5.31. The summed E-state index contributed by atoms with van der Waals surface area (Å²) in [6.45, 7) is 0. The first-order valence-corrected chi connectivity index (χ1v) is 12.9. The predicted octanol–water partition coefficient (Wildman–Crippen LogP) is 3.95. The molecule has 43 heavy (non-hydrogen) atoms. The minimum atomic E-state index is -1.24. The largest absolute Gasteiger partial charge is 0.478 e. The number of hydrogen-bond donors (Lipinski definition) is 4. The van der Waals surface area contributed by atoms with Crippen LogP contribution in [0.25, 0.3) is 0 Å². The third-order valence-corrected chi connectivity index (χ3v) is 6.10. The van der Waals surface area contributed by atoms with Gasteiger partial charge in [0.05, 0.1) is 0 Å². The number of nitrogens with one attached hydrogen (secondary N) is 1. The van der Waals surface area contributed by atoms with E-state index in [1.54, 1.807) is 36.4 Å². The van der Waals surface area contributed by atoms with E-state index in [2.05, 4.69) is 5.32 Å². The van der Waals surface area contributed by atoms with Crippen LogP contribution < -0.4 is 5.32 Å². The fraction of sp³-hybridized carbons (Fsp3) is 0.0909. The summed E-state index contributed by atoms with van der Waals surface area (Å²) in [7, 11) is 0. The van der Waals surface area contributed by atoms with Gasteiger partial charge in [-0.3, -0.25) is 14.4 Å². The summed E-state index contributed by atoms with van der Waals surface area (Å²) in [5.41, 5.74) is 4.42. The van der Waals surface area contributed by atoms with Crippen molar-refractivity contribution in [3.8, 4) is 0 Å². The highest BCUT2D eigenvalue weighted by Crippen LogP contribution is 2.33. The van der Waals surface area contributed by atoms with E-state index in [0.717, 1.165) is 53.1 Å². The van der Waals surface area contributed by atoms with Gasteiger partial charge in [-0.25, -0.2) is 14.4 Å². The molecule has 0 radical (unpaired) electrons. The van der Waals surface area contributed by atoms with Crippen LogP contribution in [0.15, 0.2) is 109 Å². The van der Waals surface area contributed by atoms with Crippen LogP contribution in [0.4, 0.5) is 5.69 Å². The van der Waals surface area contributed by atoms with Gasteiger partial charge in [0.15, 0.2) is 11.6 Å². The highest BCUT2D eigenvalue weighted by molar-refractivity contribution is 6.02. The van der Waals surface area contributed by atoms with Crippen molar-refractivity contribution in [2.75, 3.05) is 5.32 Å². The van der Waals surface area contributed by atoms with Crippen LogP contribution >= 0.6 is 0 Å². The van der Waals surface area contributed by atoms with Crippen LogP contribution in [0.5, 0.6) is 0 Å². The third kappa shape index (κ3) is 10.5. The molecule has 0 aliphatic rings. The van der Waals surface area contributed by atoms with Crippen LogP contribution in [-0.4, -0.2) is 50.7 Å². The van der Waals surface area contributed by atoms with E-state index in [0.29, 0.717) is 16.8 Å². The number of benzene rings is 3. The van der Waals surface area contributed by atoms with Gasteiger partial charge in [0.2, 0.25) is 5.91 Å². The van der Waals surface area contributed by atoms with Crippen LogP contribution in [-0.2, 0) is 41.6 Å². The molecular weight excluding hydrogens is 554 g/mol. The summed E-state index contributed by atoms with van der Waals surface area (Å²) in [5, 5.41) is 28.7. The normalized spacial score (nSPS) is 11.3. The zero-order valence-corrected chi connectivity index (χ0v) is 22.7. The lowest BCUT2D eigenvalue weighted by atomic mass is 9.84. The highest BCUT2D eigenvalue weighted by atomic mass is 16.4. The summed E-state index contributed by atoms with van der Waals surface area (Å²) in [4.78, 5) is 68.1. The van der Waals surface area contributed by atoms with Gasteiger partial charge in [-0.1, -0.05) is 60.7 Å². The molecule has 1 amide bonds. The fourth-order valence-electron chi connectivity index (χ4n) is 4.17. The van der Waals surface area contributed by atoms with Gasteiger partial charge >= 0.3 is 17.9 Å². The zero-order chi connectivity index (χ0) is 31.4. The maximum Gasteiger partial charge on any atom is 0.328 e. The second kappa shape index (κ2) is 15.2. The second-order valence-corrected chi connectivity index (χ2v) is 9.33. The number of hydrogen-bond acceptors (Lipinski definition) is 6. The quantitative estimate of drug-likeness (QED) is 0.162. The van der Waals surface area contributed by atoms with Crippen molar-refractivity contribution in [2.24, 2.45) is 0 Å². The Labute approximate surface area is 246 Å². The molecule has 0 spiro atoms. The Bertz CT molecular complexity index is 1400. The molecule has 3 rings (SSSR count). The lowest BCUT2D eigenvalue weighted by Gasteiger charge is -2.20. The molecule has 0 fully saturated rings. The van der Waals surface area contributed by atoms with Crippen molar-refractivity contribution in [1.29, 1.82) is 0 Å². The van der Waals surface area contributed by atoms with Gasteiger partial charge in [-0.2, -0.15) is 0 Å². The predicted molar refractivity (Wildman–Crippen MR) is 157 cm³/mol. The number of carbonyl (C=O) groups excluding carboxylic acids is 3. The molecule has 10 heteroatoms. The molecule has 3 aromatic rings. The highest BCUT2D eigenvalue weighted by Gasteiger charge is 2.18. The summed E-state index contributed by atoms with van der Waals surface area (Å²) in [5.74, 6) is -5.27. The molecule has 10 nitrogen and oxygen atoms in total. The number of anilines is 1. The first kappa shape index (κ1) is 31.6. The first-order chi connectivity index (χ1) is 20.5. The third-order valence-electron chi connectivity index (χ3n) is 6.10. The maximum atomic E-state index is 12.1. The topological polar surface area (TPSA) is 175 Å². The number of allylic oxidation sites excluding steroid dienone is 2. The Morgan fingerprint density at radius 2 is 0.860 bits per heavy atom. The number of amides is 1. The van der Waals surface area contributed by atoms with E-state index in [9.17, 15) is 28.8 Å². The maximum absolute atomic E-state index is 12.1. The molecule has 0 unspecified atom stereocenters. The van der Waals surface area contributed by atoms with E-state index in [4.69, 9.17) is 15.3 Å². The number of ketones is 2. The van der Waals surface area contributed by atoms with Gasteiger partial charge in [-0.05, 0) is 52.1 Å². The average Bonchev–Trinajstić information content (AvgIpc) is 2.97. The monoisotopic (exact) mass is 581 g/mol. The fourth-order valence-corrected chi connectivity index (χ4v) is 4.17. The van der Waals surface area contributed by atoms with Gasteiger partial charge < -0.3 is 20.6 Å². The van der Waals surface area contributed by atoms with Crippen LogP contribution in [0, 0.1) is 0 Å². The number of rotatable bonds is 14. The van der Waals surface area contributed by atoms with Crippen molar-refractivity contribution in [1.82, 2.24) is 0 Å². The Balaban J connectivity index is 1.89. The molecule has 4 N–H and O–H groups in total. The zero-order valence-electron chi connectivity index (χ0n) is 22.7. The standard InChI is InChI=1S/C33H27NO9/c35-27(13-16-30(38)39)19-21-1-5-23(6-2-21)33(24-7-3-22(4-8-24)20-28(36)14-17-31(40)41)25-9-11-26(12-10-25)34-29(37)15-18-32(42)43/h1-18,33H,19-20H2,(H,34,37)(H,38,39)(H,40,41)(H,42,43)/b16-13+,17-14+,18-15+. The second-order valence-electron chi connectivity index (χ2n) is 9.33. The van der Waals surface area contributed by atoms with E-state index >= 15 is 0 Å². The van der Waals surface area contributed by atoms with Gasteiger partial charge in [0.25, 0.3) is 0 Å². The van der Waals surface area contributed by atoms with Crippen LogP contribution in [0.3, 0.4) is 0 Å². The van der Waals surface area contributed by atoms with Crippen molar-refractivity contribution in [3.05, 3.63) is 137 Å². The molecule has 218 valence electrons. The van der Waals surface area contributed by atoms with E-state index in [1.807, 2.05) is 36.4 Å². The van der Waals surface area contributed by atoms with Gasteiger partial charge in [0, 0.05) is 48.8 Å². The molecular formula is C33H27NO9. The first-order valence-electron chi connectivity index (χ1n) is 12.9. The Morgan fingerprint density at radius 3 is 1.23 bits per heavy atom. The van der Waals surface area contributed by atoms with Crippen molar-refractivity contribution in [2.45, 2.75) is 18.8 Å². The molecule has 3 aromatic carbocycles. The van der Waals surface area contributed by atoms with Crippen molar-refractivity contribution >= 4 is 41.1 Å². The molecule has 0 aromatic heterocycles. The van der Waals surface area contributed by atoms with E-state index < -0.39 is 23.8 Å². The number of aliphatic carboxylic acids is 3. The van der Waals surface area contributed by atoms with Crippen LogP contribution in [0.1, 0.15) is 33.7 Å². The minimum absolute atomic E-state index is 0.0263. The van der Waals surface area contributed by atoms with Crippen molar-refractivity contribution in [3.63, 3.8) is 0 Å². The molecule has 0 bridgehead atoms. The molecule has 0 saturated heterocycles. The number of carboxylic acid groups (broad SMARTS) is 3. The Morgan fingerprint density at radius 1 is 0.512 bits per heavy atom. The summed E-state index contributed by atoms with van der Waals surface area (Å²) >= 11 is 0. The minimum Gasteiger partial charge on any atom is -0.478 e. The van der Waals surface area contributed by atoms with Gasteiger partial charge in [-0.15, -0.1) is 0 Å². The molecule has 0 aliphatic carbocycles. The molecule has 0 saturated carbocycles.